The lowest BCUT2D eigenvalue weighted by Crippen LogP contribution is -2.46. The molecule has 238 valence electrons. The molecule has 0 bridgehead atoms. The van der Waals surface area contributed by atoms with Crippen LogP contribution in [0.3, 0.4) is 0 Å². The van der Waals surface area contributed by atoms with Gasteiger partial charge < -0.3 is 20.9 Å². The molecule has 0 amide bonds. The first kappa shape index (κ1) is 36.4. The number of hydrogen-bond donors (Lipinski definition) is 5. The van der Waals surface area contributed by atoms with Gasteiger partial charge in [-0.3, -0.25) is 9.11 Å². The predicted octanol–water partition coefficient (Wildman–Crippen LogP) is 3.45. The van der Waals surface area contributed by atoms with Gasteiger partial charge in [0.2, 0.25) is 0 Å². The van der Waals surface area contributed by atoms with Crippen LogP contribution in [0.2, 0.25) is 0 Å². The third-order valence-electron chi connectivity index (χ3n) is 6.36. The normalized spacial score (nSPS) is 15.3. The van der Waals surface area contributed by atoms with Crippen LogP contribution in [0.1, 0.15) is 29.5 Å². The second-order valence-electron chi connectivity index (χ2n) is 10.1. The molecular weight excluding hydrogens is 606 g/mol. The van der Waals surface area contributed by atoms with Crippen molar-refractivity contribution in [1.82, 2.24) is 5.32 Å². The van der Waals surface area contributed by atoms with Gasteiger partial charge in [0.05, 0.1) is 15.9 Å². The number of ether oxygens (including phenoxy) is 1. The Hall–Kier alpha value is -2.82. The number of benzene rings is 3. The fourth-order valence-electron chi connectivity index (χ4n) is 3.90. The molecule has 3 aromatic carbocycles. The zero-order valence-electron chi connectivity index (χ0n) is 23.9. The molecule has 14 heteroatoms. The standard InChI is InChI=1S/C15H22F2N2O2.2C7H8O3S/c16-11-5-10(6-12(17)8-11)7-14(18)15(20)9-19-13-1-3-21-4-2-13;2*1-6-2-4-7(5-3-6)11(8,9)10/h5-6,8,13-15,19-20H,1-4,7,9,18H2;2*2-5H,1H3,(H,8,9,10)/t14-,15+;;/m0../s1. The van der Waals surface area contributed by atoms with E-state index in [9.17, 15) is 30.7 Å². The summed E-state index contributed by atoms with van der Waals surface area (Å²) in [5.41, 5.74) is 8.27. The molecule has 1 heterocycles. The first-order valence-corrected chi connectivity index (χ1v) is 16.2. The molecule has 1 fully saturated rings. The van der Waals surface area contributed by atoms with Crippen LogP contribution >= 0.6 is 0 Å². The van der Waals surface area contributed by atoms with Crippen molar-refractivity contribution in [3.8, 4) is 0 Å². The van der Waals surface area contributed by atoms with E-state index in [1.165, 1.54) is 36.4 Å². The molecule has 0 unspecified atom stereocenters. The largest absolute Gasteiger partial charge is 0.390 e. The highest BCUT2D eigenvalue weighted by Crippen LogP contribution is 2.12. The Morgan fingerprint density at radius 2 is 1.26 bits per heavy atom. The number of aliphatic hydroxyl groups is 1. The minimum atomic E-state index is -4.02. The lowest BCUT2D eigenvalue weighted by Gasteiger charge is -2.26. The van der Waals surface area contributed by atoms with E-state index in [0.29, 0.717) is 18.2 Å². The van der Waals surface area contributed by atoms with E-state index in [-0.39, 0.29) is 16.2 Å². The van der Waals surface area contributed by atoms with Gasteiger partial charge in [-0.15, -0.1) is 0 Å². The quantitative estimate of drug-likeness (QED) is 0.228. The van der Waals surface area contributed by atoms with Crippen LogP contribution in [0.5, 0.6) is 0 Å². The lowest BCUT2D eigenvalue weighted by molar-refractivity contribution is 0.0700. The Balaban J connectivity index is 0.000000247. The van der Waals surface area contributed by atoms with Crippen molar-refractivity contribution in [1.29, 1.82) is 0 Å². The fourth-order valence-corrected chi connectivity index (χ4v) is 4.86. The van der Waals surface area contributed by atoms with Crippen LogP contribution in [0, 0.1) is 25.5 Å². The number of hydrogen-bond acceptors (Lipinski definition) is 8. The number of aliphatic hydroxyl groups excluding tert-OH is 1. The average Bonchev–Trinajstić information content (AvgIpc) is 2.92. The predicted molar refractivity (Wildman–Crippen MR) is 158 cm³/mol. The van der Waals surface area contributed by atoms with E-state index in [4.69, 9.17) is 19.6 Å². The first-order chi connectivity index (χ1) is 20.0. The van der Waals surface area contributed by atoms with Gasteiger partial charge in [-0.05, 0) is 75.1 Å². The summed E-state index contributed by atoms with van der Waals surface area (Å²) in [6.07, 6.45) is 1.29. The van der Waals surface area contributed by atoms with Crippen molar-refractivity contribution in [2.75, 3.05) is 19.8 Å². The zero-order valence-corrected chi connectivity index (χ0v) is 25.5. The summed E-state index contributed by atoms with van der Waals surface area (Å²) in [6.45, 7) is 5.50. The summed E-state index contributed by atoms with van der Waals surface area (Å²) in [6, 6.07) is 15.0. The maximum absolute atomic E-state index is 13.1. The van der Waals surface area contributed by atoms with Crippen LogP contribution in [-0.4, -0.2) is 69.0 Å². The molecule has 0 aromatic heterocycles. The van der Waals surface area contributed by atoms with E-state index in [1.807, 2.05) is 13.8 Å². The van der Waals surface area contributed by atoms with E-state index in [0.717, 1.165) is 43.2 Å². The number of halogens is 2. The molecule has 0 spiro atoms. The highest BCUT2D eigenvalue weighted by molar-refractivity contribution is 7.86. The maximum Gasteiger partial charge on any atom is 0.294 e. The Kier molecular flexibility index (Phi) is 14.3. The highest BCUT2D eigenvalue weighted by Gasteiger charge is 2.19. The number of nitrogens with two attached hydrogens (primary N) is 1. The second kappa shape index (κ2) is 16.9. The molecule has 1 aliphatic rings. The minimum Gasteiger partial charge on any atom is -0.390 e. The van der Waals surface area contributed by atoms with Gasteiger partial charge in [-0.25, -0.2) is 8.78 Å². The minimum absolute atomic E-state index is 0.0666. The molecule has 0 radical (unpaired) electrons. The number of rotatable bonds is 8. The van der Waals surface area contributed by atoms with E-state index in [1.54, 1.807) is 24.3 Å². The topological polar surface area (TPSA) is 176 Å². The summed E-state index contributed by atoms with van der Waals surface area (Å²) in [5, 5.41) is 13.3. The van der Waals surface area contributed by atoms with Gasteiger partial charge in [0.1, 0.15) is 11.6 Å². The molecule has 3 aromatic rings. The van der Waals surface area contributed by atoms with Crippen molar-refractivity contribution in [2.24, 2.45) is 5.73 Å². The van der Waals surface area contributed by atoms with Gasteiger partial charge in [0.15, 0.2) is 0 Å². The second-order valence-corrected chi connectivity index (χ2v) is 12.9. The number of nitrogens with one attached hydrogen (secondary N) is 1. The van der Waals surface area contributed by atoms with Gasteiger partial charge in [0, 0.05) is 37.9 Å². The zero-order chi connectivity index (χ0) is 32.2. The van der Waals surface area contributed by atoms with E-state index in [2.05, 4.69) is 5.32 Å². The van der Waals surface area contributed by atoms with Crippen LogP contribution < -0.4 is 11.1 Å². The maximum atomic E-state index is 13.1. The lowest BCUT2D eigenvalue weighted by atomic mass is 10.0. The van der Waals surface area contributed by atoms with Crippen molar-refractivity contribution in [3.63, 3.8) is 0 Å². The molecule has 1 aliphatic heterocycles. The summed E-state index contributed by atoms with van der Waals surface area (Å²) in [5.74, 6) is -1.26. The third-order valence-corrected chi connectivity index (χ3v) is 8.10. The molecule has 1 saturated heterocycles. The Morgan fingerprint density at radius 1 is 0.837 bits per heavy atom. The smallest absolute Gasteiger partial charge is 0.294 e. The van der Waals surface area contributed by atoms with Gasteiger partial charge in [-0.1, -0.05) is 35.4 Å². The summed E-state index contributed by atoms with van der Waals surface area (Å²) >= 11 is 0. The molecule has 0 saturated carbocycles. The molecule has 4 rings (SSSR count). The summed E-state index contributed by atoms with van der Waals surface area (Å²) in [4.78, 5) is -0.133. The molecule has 6 N–H and O–H groups in total. The van der Waals surface area contributed by atoms with Gasteiger partial charge in [-0.2, -0.15) is 16.8 Å². The van der Waals surface area contributed by atoms with Crippen LogP contribution in [-0.2, 0) is 31.4 Å². The van der Waals surface area contributed by atoms with Gasteiger partial charge >= 0.3 is 0 Å². The van der Waals surface area contributed by atoms with Crippen molar-refractivity contribution in [3.05, 3.63) is 95.1 Å². The SMILES string of the molecule is Cc1ccc(S(=O)(=O)O)cc1.Cc1ccc(S(=O)(=O)O)cc1.N[C@@H](Cc1cc(F)cc(F)c1)[C@H](O)CNC1CCOCC1. The molecular formula is C29H38F2N2O8S2. The number of aryl methyl sites for hydroxylation is 2. The summed E-state index contributed by atoms with van der Waals surface area (Å²) in [7, 11) is -8.04. The molecule has 2 atom stereocenters. The van der Waals surface area contributed by atoms with Crippen LogP contribution in [0.25, 0.3) is 0 Å². The molecule has 0 aliphatic carbocycles. The van der Waals surface area contributed by atoms with E-state index >= 15 is 0 Å². The molecule has 10 nitrogen and oxygen atoms in total. The third kappa shape index (κ3) is 14.0. The first-order valence-electron chi connectivity index (χ1n) is 13.3. The highest BCUT2D eigenvalue weighted by atomic mass is 32.2. The van der Waals surface area contributed by atoms with E-state index < -0.39 is 44.0 Å². The van der Waals surface area contributed by atoms with Crippen LogP contribution in [0.15, 0.2) is 76.5 Å². The Bertz CT molecular complexity index is 1400. The van der Waals surface area contributed by atoms with Gasteiger partial charge in [0.25, 0.3) is 20.2 Å². The fraction of sp³-hybridized carbons (Fsp3) is 0.379. The monoisotopic (exact) mass is 644 g/mol. The average molecular weight is 645 g/mol. The molecule has 43 heavy (non-hydrogen) atoms. The Morgan fingerprint density at radius 3 is 1.65 bits per heavy atom. The Labute approximate surface area is 251 Å². The van der Waals surface area contributed by atoms with Crippen molar-refractivity contribution in [2.45, 2.75) is 61.1 Å². The van der Waals surface area contributed by atoms with Crippen LogP contribution in [0.4, 0.5) is 8.78 Å². The van der Waals surface area contributed by atoms with Crippen molar-refractivity contribution >= 4 is 20.2 Å². The summed E-state index contributed by atoms with van der Waals surface area (Å²) < 4.78 is 90.6. The van der Waals surface area contributed by atoms with Crippen molar-refractivity contribution < 1.29 is 44.6 Å².